The second-order valence-corrected chi connectivity index (χ2v) is 6.48. The first-order chi connectivity index (χ1) is 12.0. The highest BCUT2D eigenvalue weighted by Gasteiger charge is 2.34. The summed E-state index contributed by atoms with van der Waals surface area (Å²) >= 11 is 0. The lowest BCUT2D eigenvalue weighted by molar-refractivity contribution is -0.137. The molecule has 1 rings (SSSR count). The Bertz CT molecular complexity index is 500. The third-order valence-corrected chi connectivity index (χ3v) is 4.29. The third-order valence-electron chi connectivity index (χ3n) is 4.29. The van der Waals surface area contributed by atoms with E-state index in [1.165, 1.54) is 63.1 Å². The van der Waals surface area contributed by atoms with Crippen LogP contribution >= 0.6 is 0 Å². The Hall–Kier alpha value is -1.52. The first-order valence-electron chi connectivity index (χ1n) is 9.41. The molecule has 2 nitrogen and oxygen atoms in total. The van der Waals surface area contributed by atoms with Crippen molar-refractivity contribution in [3.63, 3.8) is 0 Å². The molecule has 25 heavy (non-hydrogen) atoms. The number of benzene rings is 1. The Morgan fingerprint density at radius 3 is 1.96 bits per heavy atom. The number of nitrogens with one attached hydrogen (secondary N) is 1. The standard InChI is InChI=1S/C20H30F3NO/c1-2-3-4-5-6-7-8-9-10-13-16-24-19(25)17-14-11-12-15-18(17)20(21,22)23/h11-12,14-15H,2-10,13,16H2,1H3,(H,24,25). The molecule has 0 radical (unpaired) electrons. The first-order valence-corrected chi connectivity index (χ1v) is 9.41. The van der Waals surface area contributed by atoms with Gasteiger partial charge in [0.1, 0.15) is 0 Å². The van der Waals surface area contributed by atoms with E-state index in [1.54, 1.807) is 0 Å². The number of rotatable bonds is 12. The molecule has 0 heterocycles. The van der Waals surface area contributed by atoms with E-state index >= 15 is 0 Å². The number of alkyl halides is 3. The van der Waals surface area contributed by atoms with Crippen molar-refractivity contribution in [1.82, 2.24) is 5.32 Å². The van der Waals surface area contributed by atoms with Crippen molar-refractivity contribution in [3.8, 4) is 0 Å². The number of amides is 1. The smallest absolute Gasteiger partial charge is 0.352 e. The van der Waals surface area contributed by atoms with Gasteiger partial charge in [0.25, 0.3) is 5.91 Å². The summed E-state index contributed by atoms with van der Waals surface area (Å²) in [6.07, 6.45) is 7.33. The van der Waals surface area contributed by atoms with Gasteiger partial charge in [-0.2, -0.15) is 13.2 Å². The van der Waals surface area contributed by atoms with Gasteiger partial charge in [-0.3, -0.25) is 4.79 Å². The van der Waals surface area contributed by atoms with Gasteiger partial charge in [0, 0.05) is 6.54 Å². The van der Waals surface area contributed by atoms with Gasteiger partial charge in [-0.05, 0) is 18.6 Å². The molecule has 0 aliphatic heterocycles. The Morgan fingerprint density at radius 1 is 0.880 bits per heavy atom. The lowest BCUT2D eigenvalue weighted by atomic mass is 10.1. The fraction of sp³-hybridized carbons (Fsp3) is 0.650. The SMILES string of the molecule is CCCCCCCCCCCCNC(=O)c1ccccc1C(F)(F)F. The zero-order chi connectivity index (χ0) is 18.5. The van der Waals surface area contributed by atoms with E-state index < -0.39 is 17.6 Å². The highest BCUT2D eigenvalue weighted by molar-refractivity contribution is 5.95. The molecule has 0 fully saturated rings. The minimum atomic E-state index is -4.51. The fourth-order valence-electron chi connectivity index (χ4n) is 2.84. The van der Waals surface area contributed by atoms with Crippen molar-refractivity contribution in [3.05, 3.63) is 35.4 Å². The summed E-state index contributed by atoms with van der Waals surface area (Å²) in [5.74, 6) is -0.649. The normalized spacial score (nSPS) is 11.5. The highest BCUT2D eigenvalue weighted by atomic mass is 19.4. The van der Waals surface area contributed by atoms with E-state index in [-0.39, 0.29) is 5.56 Å². The van der Waals surface area contributed by atoms with E-state index in [4.69, 9.17) is 0 Å². The van der Waals surface area contributed by atoms with E-state index in [0.717, 1.165) is 25.3 Å². The second-order valence-electron chi connectivity index (χ2n) is 6.48. The minimum Gasteiger partial charge on any atom is -0.352 e. The molecule has 0 bridgehead atoms. The van der Waals surface area contributed by atoms with Crippen molar-refractivity contribution < 1.29 is 18.0 Å². The van der Waals surface area contributed by atoms with Crippen LogP contribution in [0.3, 0.4) is 0 Å². The first kappa shape index (κ1) is 21.5. The monoisotopic (exact) mass is 357 g/mol. The molecule has 0 aliphatic rings. The van der Waals surface area contributed by atoms with Crippen molar-refractivity contribution in [2.75, 3.05) is 6.54 Å². The highest BCUT2D eigenvalue weighted by Crippen LogP contribution is 2.31. The summed E-state index contributed by atoms with van der Waals surface area (Å²) in [5.41, 5.74) is -1.18. The molecule has 0 spiro atoms. The molecule has 1 aromatic carbocycles. The van der Waals surface area contributed by atoms with E-state index in [0.29, 0.717) is 6.54 Å². The van der Waals surface area contributed by atoms with E-state index in [1.807, 2.05) is 0 Å². The van der Waals surface area contributed by atoms with Crippen LogP contribution in [0.4, 0.5) is 13.2 Å². The second kappa shape index (κ2) is 11.9. The Morgan fingerprint density at radius 2 is 1.40 bits per heavy atom. The van der Waals surface area contributed by atoms with Crippen molar-refractivity contribution >= 4 is 5.91 Å². The quantitative estimate of drug-likeness (QED) is 0.434. The minimum absolute atomic E-state index is 0.304. The van der Waals surface area contributed by atoms with Crippen LogP contribution in [0.1, 0.15) is 87.1 Å². The number of unbranched alkanes of at least 4 members (excludes halogenated alkanes) is 9. The summed E-state index contributed by atoms with van der Waals surface area (Å²) in [5, 5.41) is 2.60. The largest absolute Gasteiger partial charge is 0.417 e. The van der Waals surface area contributed by atoms with Gasteiger partial charge in [0.15, 0.2) is 0 Å². The maximum atomic E-state index is 12.9. The van der Waals surface area contributed by atoms with Gasteiger partial charge < -0.3 is 5.32 Å². The Balaban J connectivity index is 2.16. The van der Waals surface area contributed by atoms with E-state index in [9.17, 15) is 18.0 Å². The number of carbonyl (C=O) groups is 1. The zero-order valence-electron chi connectivity index (χ0n) is 15.1. The number of hydrogen-bond acceptors (Lipinski definition) is 1. The van der Waals surface area contributed by atoms with Crippen molar-refractivity contribution in [2.45, 2.75) is 77.3 Å². The molecule has 0 aliphatic carbocycles. The van der Waals surface area contributed by atoms with Crippen LogP contribution in [0, 0.1) is 0 Å². The summed E-state index contributed by atoms with van der Waals surface area (Å²) < 4.78 is 38.7. The molecule has 5 heteroatoms. The van der Waals surface area contributed by atoms with Crippen LogP contribution in [0.25, 0.3) is 0 Å². The molecule has 1 amide bonds. The fourth-order valence-corrected chi connectivity index (χ4v) is 2.84. The topological polar surface area (TPSA) is 29.1 Å². The average Bonchev–Trinajstić information content (AvgIpc) is 2.58. The zero-order valence-corrected chi connectivity index (χ0v) is 15.1. The molecule has 1 aromatic rings. The number of halogens is 3. The lowest BCUT2D eigenvalue weighted by Crippen LogP contribution is -2.27. The van der Waals surface area contributed by atoms with Gasteiger partial charge in [-0.25, -0.2) is 0 Å². The van der Waals surface area contributed by atoms with Gasteiger partial charge in [0.05, 0.1) is 11.1 Å². The van der Waals surface area contributed by atoms with E-state index in [2.05, 4.69) is 12.2 Å². The van der Waals surface area contributed by atoms with Gasteiger partial charge in [0.2, 0.25) is 0 Å². The third kappa shape index (κ3) is 8.94. The van der Waals surface area contributed by atoms with Crippen LogP contribution in [-0.2, 0) is 6.18 Å². The Kier molecular flexibility index (Phi) is 10.3. The van der Waals surface area contributed by atoms with Crippen molar-refractivity contribution in [2.24, 2.45) is 0 Å². The predicted molar refractivity (Wildman–Crippen MR) is 95.6 cm³/mol. The van der Waals surface area contributed by atoms with Gasteiger partial charge in [-0.15, -0.1) is 0 Å². The molecule has 1 N–H and O–H groups in total. The summed E-state index contributed by atoms with van der Waals surface area (Å²) in [7, 11) is 0. The van der Waals surface area contributed by atoms with Crippen LogP contribution in [0.15, 0.2) is 24.3 Å². The maximum Gasteiger partial charge on any atom is 0.417 e. The lowest BCUT2D eigenvalue weighted by Gasteiger charge is -2.12. The average molecular weight is 357 g/mol. The molecule has 0 saturated heterocycles. The molecule has 0 atom stereocenters. The van der Waals surface area contributed by atoms with Crippen LogP contribution < -0.4 is 5.32 Å². The Labute approximate surface area is 149 Å². The summed E-state index contributed by atoms with van der Waals surface area (Å²) in [6, 6.07) is 4.90. The van der Waals surface area contributed by atoms with Crippen molar-refractivity contribution in [1.29, 1.82) is 0 Å². The molecular weight excluding hydrogens is 327 g/mol. The molecule has 0 aromatic heterocycles. The molecule has 142 valence electrons. The molecule has 0 unspecified atom stereocenters. The maximum absolute atomic E-state index is 12.9. The molecule has 0 saturated carbocycles. The van der Waals surface area contributed by atoms with Gasteiger partial charge in [-0.1, -0.05) is 76.8 Å². The summed E-state index contributed by atoms with van der Waals surface area (Å²) in [6.45, 7) is 2.63. The van der Waals surface area contributed by atoms with Crippen LogP contribution in [0.5, 0.6) is 0 Å². The molecular formula is C20H30F3NO. The van der Waals surface area contributed by atoms with Gasteiger partial charge >= 0.3 is 6.18 Å². The summed E-state index contributed by atoms with van der Waals surface area (Å²) in [4.78, 5) is 12.0. The number of carbonyl (C=O) groups excluding carboxylic acids is 1. The number of hydrogen-bond donors (Lipinski definition) is 1. The van der Waals surface area contributed by atoms with Crippen LogP contribution in [-0.4, -0.2) is 12.5 Å². The predicted octanol–water partition coefficient (Wildman–Crippen LogP) is 6.36. The van der Waals surface area contributed by atoms with Crippen LogP contribution in [0.2, 0.25) is 0 Å².